The quantitative estimate of drug-likeness (QED) is 0.337. The van der Waals surface area contributed by atoms with Crippen LogP contribution in [-0.4, -0.2) is 30.1 Å². The van der Waals surface area contributed by atoms with Crippen LogP contribution in [0.15, 0.2) is 58.1 Å². The fourth-order valence-corrected chi connectivity index (χ4v) is 5.43. The lowest BCUT2D eigenvalue weighted by atomic mass is 9.85. The molecule has 1 saturated carbocycles. The monoisotopic (exact) mass is 494 g/mol. The molecule has 2 aliphatic carbocycles. The summed E-state index contributed by atoms with van der Waals surface area (Å²) >= 11 is 3.54. The van der Waals surface area contributed by atoms with Crippen molar-refractivity contribution < 1.29 is 19.1 Å². The van der Waals surface area contributed by atoms with E-state index >= 15 is 0 Å². The van der Waals surface area contributed by atoms with Crippen LogP contribution in [0.25, 0.3) is 0 Å². The predicted octanol–water partition coefficient (Wildman–Crippen LogP) is 4.49. The van der Waals surface area contributed by atoms with Gasteiger partial charge >= 0.3 is 0 Å². The van der Waals surface area contributed by atoms with Crippen LogP contribution in [0.4, 0.5) is 0 Å². The maximum atomic E-state index is 12.8. The van der Waals surface area contributed by atoms with Gasteiger partial charge in [-0.1, -0.05) is 42.0 Å². The molecule has 6 nitrogen and oxygen atoms in total. The van der Waals surface area contributed by atoms with Crippen LogP contribution in [0.2, 0.25) is 0 Å². The van der Waals surface area contributed by atoms with Crippen molar-refractivity contribution in [3.05, 3.63) is 69.7 Å². The first-order valence-corrected chi connectivity index (χ1v) is 11.4. The fourth-order valence-electron chi connectivity index (χ4n) is 5.01. The molecule has 4 unspecified atom stereocenters. The Morgan fingerprint density at radius 2 is 1.81 bits per heavy atom. The fraction of sp³-hybridized carbons (Fsp3) is 0.320. The van der Waals surface area contributed by atoms with Gasteiger partial charge in [0, 0.05) is 10.0 Å². The van der Waals surface area contributed by atoms with E-state index in [4.69, 9.17) is 9.47 Å². The number of ether oxygens (including phenoxy) is 2. The third-order valence-corrected chi connectivity index (χ3v) is 7.21. The van der Waals surface area contributed by atoms with Crippen LogP contribution >= 0.6 is 15.9 Å². The summed E-state index contributed by atoms with van der Waals surface area (Å²) in [7, 11) is 1.57. The molecule has 0 spiro atoms. The Kier molecular flexibility index (Phi) is 5.37. The van der Waals surface area contributed by atoms with Crippen LogP contribution in [-0.2, 0) is 16.2 Å². The van der Waals surface area contributed by atoms with Crippen LogP contribution in [0.1, 0.15) is 23.1 Å². The molecule has 4 atom stereocenters. The summed E-state index contributed by atoms with van der Waals surface area (Å²) in [6, 6.07) is 11.7. The number of hydrogen-bond donors (Lipinski definition) is 0. The van der Waals surface area contributed by atoms with Gasteiger partial charge in [0.15, 0.2) is 11.5 Å². The minimum Gasteiger partial charge on any atom is -0.493 e. The average molecular weight is 495 g/mol. The van der Waals surface area contributed by atoms with E-state index in [9.17, 15) is 9.59 Å². The average Bonchev–Trinajstić information content (AvgIpc) is 3.46. The van der Waals surface area contributed by atoms with Crippen LogP contribution in [0.3, 0.4) is 0 Å². The maximum absolute atomic E-state index is 12.8. The first kappa shape index (κ1) is 20.9. The Bertz CT molecular complexity index is 1130. The number of rotatable bonds is 6. The number of nitrogens with zero attached hydrogens (tertiary/aromatic N) is 2. The van der Waals surface area contributed by atoms with Gasteiger partial charge in [0.2, 0.25) is 0 Å². The Morgan fingerprint density at radius 1 is 1.09 bits per heavy atom. The van der Waals surface area contributed by atoms with E-state index < -0.39 is 0 Å². The van der Waals surface area contributed by atoms with Crippen molar-refractivity contribution >= 4 is 34.0 Å². The molecule has 2 amide bonds. The number of halogens is 1. The summed E-state index contributed by atoms with van der Waals surface area (Å²) in [4.78, 5) is 25.6. The number of aryl methyl sites for hydroxylation is 1. The lowest BCUT2D eigenvalue weighted by molar-refractivity contribution is -0.140. The van der Waals surface area contributed by atoms with E-state index in [1.807, 2.05) is 31.2 Å². The SMILES string of the molecule is COc1cc(C=NN2C(=O)C3C4C=CC(C4)C3C2=O)c(Br)cc1OCc1cccc(C)c1. The second-order valence-corrected chi connectivity index (χ2v) is 9.39. The molecule has 1 saturated heterocycles. The van der Waals surface area contributed by atoms with Crippen molar-refractivity contribution in [1.82, 2.24) is 5.01 Å². The molecule has 2 bridgehead atoms. The highest BCUT2D eigenvalue weighted by Gasteiger charge is 2.59. The number of imide groups is 1. The zero-order valence-corrected chi connectivity index (χ0v) is 19.4. The second-order valence-electron chi connectivity index (χ2n) is 8.54. The van der Waals surface area contributed by atoms with Crippen molar-refractivity contribution in [3.63, 3.8) is 0 Å². The van der Waals surface area contributed by atoms with Gasteiger partial charge in [0.1, 0.15) is 6.61 Å². The highest BCUT2D eigenvalue weighted by molar-refractivity contribution is 9.10. The van der Waals surface area contributed by atoms with Gasteiger partial charge in [-0.25, -0.2) is 0 Å². The van der Waals surface area contributed by atoms with Crippen LogP contribution in [0.5, 0.6) is 11.5 Å². The summed E-state index contributed by atoms with van der Waals surface area (Å²) in [5, 5.41) is 5.30. The summed E-state index contributed by atoms with van der Waals surface area (Å²) < 4.78 is 12.2. The molecule has 1 heterocycles. The molecule has 1 aliphatic heterocycles. The smallest absolute Gasteiger partial charge is 0.254 e. The highest BCUT2D eigenvalue weighted by Crippen LogP contribution is 2.52. The Labute approximate surface area is 195 Å². The van der Waals surface area contributed by atoms with Crippen molar-refractivity contribution in [2.75, 3.05) is 7.11 Å². The van der Waals surface area contributed by atoms with Gasteiger partial charge in [0.05, 0.1) is 25.2 Å². The topological polar surface area (TPSA) is 68.2 Å². The Morgan fingerprint density at radius 3 is 2.47 bits per heavy atom. The molecule has 2 aromatic rings. The number of carbonyl (C=O) groups excluding carboxylic acids is 2. The molecule has 164 valence electrons. The number of hydrogen-bond acceptors (Lipinski definition) is 5. The van der Waals surface area contributed by atoms with Crippen molar-refractivity contribution in [2.45, 2.75) is 20.0 Å². The number of hydrazone groups is 1. The second kappa shape index (κ2) is 8.20. The third kappa shape index (κ3) is 3.54. The molecule has 0 N–H and O–H groups in total. The molecule has 7 heteroatoms. The van der Waals surface area contributed by atoms with Gasteiger partial charge < -0.3 is 9.47 Å². The van der Waals surface area contributed by atoms with E-state index in [1.165, 1.54) is 11.8 Å². The lowest BCUT2D eigenvalue weighted by Crippen LogP contribution is -2.28. The number of methoxy groups -OCH3 is 1. The zero-order chi connectivity index (χ0) is 22.4. The zero-order valence-electron chi connectivity index (χ0n) is 17.8. The van der Waals surface area contributed by atoms with E-state index in [-0.39, 0.29) is 35.5 Å². The standard InChI is InChI=1S/C25H23BrN2O4/c1-14-4-3-5-15(8-14)13-32-21-11-19(26)18(10-20(21)31-2)12-27-28-24(29)22-16-6-7-17(9-16)23(22)25(28)30/h3-8,10-12,16-17,22-23H,9,13H2,1-2H3. The minimum absolute atomic E-state index is 0.165. The first-order valence-electron chi connectivity index (χ1n) is 10.6. The van der Waals surface area contributed by atoms with Gasteiger partial charge in [-0.05, 0) is 58.8 Å². The van der Waals surface area contributed by atoms with Gasteiger partial charge in [-0.2, -0.15) is 10.1 Å². The maximum Gasteiger partial charge on any atom is 0.254 e. The number of benzene rings is 2. The summed E-state index contributed by atoms with van der Waals surface area (Å²) in [6.45, 7) is 2.45. The largest absolute Gasteiger partial charge is 0.493 e. The molecule has 0 aromatic heterocycles. The molecule has 32 heavy (non-hydrogen) atoms. The minimum atomic E-state index is -0.259. The molecule has 2 fully saturated rings. The number of fused-ring (bicyclic) bond motifs is 5. The molecule has 2 aromatic carbocycles. The molecular weight excluding hydrogens is 472 g/mol. The summed E-state index contributed by atoms with van der Waals surface area (Å²) in [6.07, 6.45) is 6.56. The normalized spacial score (nSPS) is 25.8. The van der Waals surface area contributed by atoms with Crippen molar-refractivity contribution in [1.29, 1.82) is 0 Å². The lowest BCUT2D eigenvalue weighted by Gasteiger charge is -2.14. The first-order chi connectivity index (χ1) is 15.5. The number of allylic oxidation sites excluding steroid dienone is 2. The number of carbonyl (C=O) groups is 2. The Balaban J connectivity index is 1.34. The molecule has 0 radical (unpaired) electrons. The van der Waals surface area contributed by atoms with Crippen LogP contribution in [0, 0.1) is 30.6 Å². The van der Waals surface area contributed by atoms with Gasteiger partial charge in [-0.15, -0.1) is 0 Å². The van der Waals surface area contributed by atoms with Crippen molar-refractivity contribution in [2.24, 2.45) is 28.8 Å². The van der Waals surface area contributed by atoms with Gasteiger partial charge in [0.25, 0.3) is 11.8 Å². The third-order valence-electron chi connectivity index (χ3n) is 6.52. The van der Waals surface area contributed by atoms with E-state index in [2.05, 4.69) is 39.2 Å². The summed E-state index contributed by atoms with van der Waals surface area (Å²) in [5.74, 6) is 0.541. The molecular formula is C25H23BrN2O4. The van der Waals surface area contributed by atoms with E-state index in [1.54, 1.807) is 13.2 Å². The molecule has 3 aliphatic rings. The van der Waals surface area contributed by atoms with Crippen molar-refractivity contribution in [3.8, 4) is 11.5 Å². The summed E-state index contributed by atoms with van der Waals surface area (Å²) in [5.41, 5.74) is 2.92. The molecule has 5 rings (SSSR count). The predicted molar refractivity (Wildman–Crippen MR) is 123 cm³/mol. The highest BCUT2D eigenvalue weighted by atomic mass is 79.9. The number of amides is 2. The Hall–Kier alpha value is -2.93. The van der Waals surface area contributed by atoms with E-state index in [0.29, 0.717) is 23.7 Å². The van der Waals surface area contributed by atoms with Gasteiger partial charge in [-0.3, -0.25) is 9.59 Å². The van der Waals surface area contributed by atoms with E-state index in [0.717, 1.165) is 21.5 Å². The van der Waals surface area contributed by atoms with Crippen LogP contribution < -0.4 is 9.47 Å².